The van der Waals surface area contributed by atoms with Crippen molar-refractivity contribution < 1.29 is 32.4 Å². The molecule has 0 bridgehead atoms. The number of aryl methyl sites for hydroxylation is 2. The van der Waals surface area contributed by atoms with Gasteiger partial charge < -0.3 is 18.6 Å². The number of benzene rings is 8. The molecule has 0 unspecified atom stereocenters. The molecular weight excluding hydrogens is 961 g/mol. The van der Waals surface area contributed by atoms with Crippen molar-refractivity contribution in [3.8, 4) is 67.6 Å². The standard InChI is InChI=1S/C57H43N3O2.2CH3.Hf/c1-36-32-46(56(61-3)54(34-36)59-50-28-13-9-22-42(50)43-23-10-14-29-51(43)59)38-18-5-7-20-40(38)48-26-17-27-49(58-48)41-21-8-6-19-39(41)47-33-37(2)35-55(57(47)62-4)60-52-30-15-11-24-44(52)45-25-12-16-31-53(45)60;;;/h5-35H,1-4H3;2*1H3;. The van der Waals surface area contributed by atoms with Gasteiger partial charge in [-0.15, -0.1) is 0 Å². The third-order valence-corrected chi connectivity index (χ3v) is 12.2. The van der Waals surface area contributed by atoms with Gasteiger partial charge in [0, 0.05) is 43.8 Å². The zero-order chi connectivity index (χ0) is 44.6. The third-order valence-electron chi connectivity index (χ3n) is 12.2. The Hall–Kier alpha value is -7.02. The number of para-hydroxylation sites is 4. The molecule has 11 aromatic rings. The Balaban J connectivity index is 0.00000162. The Morgan fingerprint density at radius 1 is 0.369 bits per heavy atom. The average molecular weight is 1010 g/mol. The molecule has 0 aliphatic heterocycles. The third kappa shape index (κ3) is 7.36. The van der Waals surface area contributed by atoms with Gasteiger partial charge in [-0.2, -0.15) is 0 Å². The second-order valence-corrected chi connectivity index (χ2v) is 20.1. The molecule has 11 rings (SSSR count). The van der Waals surface area contributed by atoms with E-state index < -0.39 is 0 Å². The van der Waals surface area contributed by atoms with E-state index in [0.29, 0.717) is 0 Å². The normalized spacial score (nSPS) is 11.2. The zero-order valence-corrected chi connectivity index (χ0v) is 41.1. The van der Waals surface area contributed by atoms with Crippen LogP contribution < -0.4 is 9.47 Å². The summed E-state index contributed by atoms with van der Waals surface area (Å²) >= 11 is 0.0833. The molecule has 0 aliphatic carbocycles. The van der Waals surface area contributed by atoms with Gasteiger partial charge in [-0.1, -0.05) is 127 Å². The van der Waals surface area contributed by atoms with Gasteiger partial charge in [-0.3, -0.25) is 0 Å². The van der Waals surface area contributed by atoms with Crippen LogP contribution in [0.2, 0.25) is 9.36 Å². The molecule has 0 amide bonds. The van der Waals surface area contributed by atoms with Gasteiger partial charge >= 0.3 is 32.3 Å². The van der Waals surface area contributed by atoms with E-state index in [9.17, 15) is 0 Å². The number of ether oxygens (including phenoxy) is 2. The first-order valence-electron chi connectivity index (χ1n) is 22.0. The number of nitrogens with zero attached hydrogens (tertiary/aromatic N) is 3. The van der Waals surface area contributed by atoms with E-state index in [-0.39, 0.29) is 22.9 Å². The molecule has 0 spiro atoms. The Morgan fingerprint density at radius 2 is 0.677 bits per heavy atom. The molecule has 0 aliphatic rings. The van der Waals surface area contributed by atoms with Crippen molar-refractivity contribution in [1.82, 2.24) is 14.1 Å². The van der Waals surface area contributed by atoms with Crippen LogP contribution in [0.25, 0.3) is 99.8 Å². The van der Waals surface area contributed by atoms with Crippen molar-refractivity contribution in [3.05, 3.63) is 199 Å². The van der Waals surface area contributed by atoms with Crippen LogP contribution in [0.3, 0.4) is 0 Å². The van der Waals surface area contributed by atoms with Crippen molar-refractivity contribution in [2.45, 2.75) is 23.2 Å². The molecule has 0 saturated carbocycles. The summed E-state index contributed by atoms with van der Waals surface area (Å²) in [4.78, 5) is 5.46. The number of pyridine rings is 1. The Bertz CT molecular complexity index is 3230. The maximum absolute atomic E-state index is 6.42. The molecule has 5 nitrogen and oxygen atoms in total. The van der Waals surface area contributed by atoms with Crippen LogP contribution in [0.4, 0.5) is 0 Å². The number of aromatic nitrogens is 3. The predicted octanol–water partition coefficient (Wildman–Crippen LogP) is 15.7. The first kappa shape index (κ1) is 42.0. The molecular formula is C59H49HfN3O2. The average Bonchev–Trinajstić information content (AvgIpc) is 3.87. The summed E-state index contributed by atoms with van der Waals surface area (Å²) < 4.78 is 22.1. The first-order chi connectivity index (χ1) is 31.9. The van der Waals surface area contributed by atoms with Gasteiger partial charge in [0.1, 0.15) is 0 Å². The minimum absolute atomic E-state index is 0.0833. The van der Waals surface area contributed by atoms with Crippen LogP contribution in [-0.2, 0) is 22.9 Å². The second-order valence-electron chi connectivity index (χ2n) is 16.5. The van der Waals surface area contributed by atoms with Crippen LogP contribution in [0, 0.1) is 13.8 Å². The SMILES string of the molecule is COc1c(-c2ccccc2-c2cccc(-c3ccccc3-c3cc(C)cc(-n4c5ccccc5c5ccccc54)c3OC)n2)cc(C)cc1-n1c2ccccc2c2ccccc21.[CH3][Hf][CH3]. The molecule has 316 valence electrons. The van der Waals surface area contributed by atoms with Crippen LogP contribution in [0.1, 0.15) is 11.1 Å². The fourth-order valence-electron chi connectivity index (χ4n) is 9.65. The fraction of sp³-hybridized carbons (Fsp3) is 0.102. The molecule has 0 radical (unpaired) electrons. The summed E-state index contributed by atoms with van der Waals surface area (Å²) in [5, 5.41) is 4.84. The minimum atomic E-state index is 0.0833. The quantitative estimate of drug-likeness (QED) is 0.142. The van der Waals surface area contributed by atoms with Crippen LogP contribution >= 0.6 is 0 Å². The molecule has 0 N–H and O–H groups in total. The van der Waals surface area contributed by atoms with Crippen molar-refractivity contribution in [1.29, 1.82) is 0 Å². The van der Waals surface area contributed by atoms with Crippen molar-refractivity contribution in [3.63, 3.8) is 0 Å². The van der Waals surface area contributed by atoms with Gasteiger partial charge in [0.05, 0.1) is 59.0 Å². The molecule has 0 saturated heterocycles. The van der Waals surface area contributed by atoms with E-state index in [1.807, 2.05) is 0 Å². The van der Waals surface area contributed by atoms with E-state index in [1.54, 1.807) is 14.2 Å². The Morgan fingerprint density at radius 3 is 1.02 bits per heavy atom. The number of fused-ring (bicyclic) bond motifs is 6. The number of hydrogen-bond acceptors (Lipinski definition) is 3. The van der Waals surface area contributed by atoms with Gasteiger partial charge in [-0.25, -0.2) is 4.98 Å². The van der Waals surface area contributed by atoms with Crippen LogP contribution in [0.15, 0.2) is 188 Å². The van der Waals surface area contributed by atoms with E-state index in [0.717, 1.165) is 101 Å². The van der Waals surface area contributed by atoms with Gasteiger partial charge in [-0.05, 0) is 96.8 Å². The molecule has 6 heteroatoms. The zero-order valence-electron chi connectivity index (χ0n) is 37.6. The number of rotatable bonds is 8. The number of hydrogen-bond donors (Lipinski definition) is 0. The summed E-state index contributed by atoms with van der Waals surface area (Å²) in [6, 6.07) is 66.7. The Kier molecular flexibility index (Phi) is 11.5. The van der Waals surface area contributed by atoms with Crippen molar-refractivity contribution in [2.24, 2.45) is 0 Å². The van der Waals surface area contributed by atoms with E-state index >= 15 is 0 Å². The second kappa shape index (κ2) is 17.9. The molecule has 8 aromatic carbocycles. The summed E-state index contributed by atoms with van der Waals surface area (Å²) in [6.45, 7) is 4.32. The van der Waals surface area contributed by atoms with Crippen molar-refractivity contribution >= 4 is 43.6 Å². The van der Waals surface area contributed by atoms with Crippen LogP contribution in [0.5, 0.6) is 11.5 Å². The Labute approximate surface area is 391 Å². The van der Waals surface area contributed by atoms with E-state index in [4.69, 9.17) is 14.5 Å². The molecule has 3 aromatic heterocycles. The number of methoxy groups -OCH3 is 2. The molecule has 0 atom stereocenters. The maximum atomic E-state index is 6.42. The van der Waals surface area contributed by atoms with E-state index in [2.05, 4.69) is 220 Å². The summed E-state index contributed by atoms with van der Waals surface area (Å²) in [6.07, 6.45) is 0. The molecule has 65 heavy (non-hydrogen) atoms. The summed E-state index contributed by atoms with van der Waals surface area (Å²) in [5.41, 5.74) is 16.7. The topological polar surface area (TPSA) is 41.2 Å². The molecule has 0 fully saturated rings. The van der Waals surface area contributed by atoms with Crippen molar-refractivity contribution in [2.75, 3.05) is 14.2 Å². The van der Waals surface area contributed by atoms with Gasteiger partial charge in [0.25, 0.3) is 0 Å². The van der Waals surface area contributed by atoms with E-state index in [1.165, 1.54) is 21.5 Å². The first-order valence-corrected chi connectivity index (χ1v) is 29.2. The van der Waals surface area contributed by atoms with Gasteiger partial charge in [0.15, 0.2) is 11.5 Å². The van der Waals surface area contributed by atoms with Gasteiger partial charge in [0.2, 0.25) is 0 Å². The molecule has 3 heterocycles. The fourth-order valence-corrected chi connectivity index (χ4v) is 9.65. The predicted molar refractivity (Wildman–Crippen MR) is 269 cm³/mol. The van der Waals surface area contributed by atoms with Crippen LogP contribution in [-0.4, -0.2) is 28.3 Å². The monoisotopic (exact) mass is 1010 g/mol. The summed E-state index contributed by atoms with van der Waals surface area (Å²) in [7, 11) is 3.55. The summed E-state index contributed by atoms with van der Waals surface area (Å²) in [5.74, 6) is 1.61.